The van der Waals surface area contributed by atoms with Crippen LogP contribution in [-0.4, -0.2) is 44.3 Å². The average molecular weight is 1050 g/mol. The summed E-state index contributed by atoms with van der Waals surface area (Å²) >= 11 is 5.09. The van der Waals surface area contributed by atoms with Crippen molar-refractivity contribution in [2.24, 2.45) is 0 Å². The van der Waals surface area contributed by atoms with Gasteiger partial charge in [-0.2, -0.15) is 21.0 Å². The first kappa shape index (κ1) is 52.4. The van der Waals surface area contributed by atoms with Gasteiger partial charge in [0.15, 0.2) is 0 Å². The zero-order valence-corrected chi connectivity index (χ0v) is 42.4. The number of rotatable bonds is 17. The van der Waals surface area contributed by atoms with Crippen LogP contribution in [0.2, 0.25) is 0 Å². The quantitative estimate of drug-likeness (QED) is 0.0490. The molecule has 0 aliphatic heterocycles. The van der Waals surface area contributed by atoms with Gasteiger partial charge in [-0.1, -0.05) is 42.0 Å². The number of carboxylic acid groups (broad SMARTS) is 4. The Morgan fingerprint density at radius 2 is 0.811 bits per heavy atom. The second-order valence-electron chi connectivity index (χ2n) is 16.1. The molecule has 0 radical (unpaired) electrons. The first-order chi connectivity index (χ1) is 35.5. The largest absolute Gasteiger partial charge is 0.477 e. The van der Waals surface area contributed by atoms with Crippen molar-refractivity contribution in [2.75, 3.05) is 4.90 Å². The Balaban J connectivity index is 1.31. The molecule has 0 amide bonds. The average Bonchev–Trinajstić information content (AvgIpc) is 4.22. The molecule has 4 heterocycles. The summed E-state index contributed by atoms with van der Waals surface area (Å²) in [6.07, 6.45) is 9.12. The second-order valence-corrected chi connectivity index (χ2v) is 20.4. The van der Waals surface area contributed by atoms with Gasteiger partial charge in [0.25, 0.3) is 0 Å². The third kappa shape index (κ3) is 12.3. The van der Waals surface area contributed by atoms with E-state index in [0.717, 1.165) is 76.2 Å². The summed E-state index contributed by atoms with van der Waals surface area (Å²) in [7, 11) is 0. The van der Waals surface area contributed by atoms with Crippen molar-refractivity contribution in [2.45, 2.75) is 20.8 Å². The van der Waals surface area contributed by atoms with Crippen molar-refractivity contribution in [3.63, 3.8) is 0 Å². The highest BCUT2D eigenvalue weighted by molar-refractivity contribution is 7.17. The molecule has 74 heavy (non-hydrogen) atoms. The molecule has 0 bridgehead atoms. The Hall–Kier alpha value is -9.46. The molecule has 362 valence electrons. The number of thiophene rings is 4. The fraction of sp³-hybridized carbons (Fsp3) is 0.0526. The highest BCUT2D eigenvalue weighted by Crippen LogP contribution is 2.42. The lowest BCUT2D eigenvalue weighted by molar-refractivity contribution is -0.133. The maximum absolute atomic E-state index is 11.6. The Labute approximate surface area is 440 Å². The molecular formula is C57H37N5O8S4. The summed E-state index contributed by atoms with van der Waals surface area (Å²) in [5.74, 6) is -5.40. The van der Waals surface area contributed by atoms with Crippen LogP contribution in [0.15, 0.2) is 131 Å². The van der Waals surface area contributed by atoms with Gasteiger partial charge in [-0.05, 0) is 157 Å². The van der Waals surface area contributed by atoms with Crippen molar-refractivity contribution in [3.8, 4) is 24.3 Å². The zero-order valence-electron chi connectivity index (χ0n) is 39.1. The van der Waals surface area contributed by atoms with E-state index in [1.807, 2.05) is 91.2 Å². The third-order valence-electron chi connectivity index (χ3n) is 10.9. The molecule has 13 nitrogen and oxygen atoms in total. The van der Waals surface area contributed by atoms with E-state index in [-0.39, 0.29) is 0 Å². The predicted octanol–water partition coefficient (Wildman–Crippen LogP) is 13.5. The van der Waals surface area contributed by atoms with Crippen LogP contribution in [0, 0.1) is 66.1 Å². The normalized spacial score (nSPS) is 12.0. The number of carbonyl (C=O) groups is 4. The van der Waals surface area contributed by atoms with Gasteiger partial charge in [0.05, 0.1) is 5.69 Å². The summed E-state index contributed by atoms with van der Waals surface area (Å²) in [4.78, 5) is 53.1. The van der Waals surface area contributed by atoms with Gasteiger partial charge in [0.1, 0.15) is 46.6 Å². The molecule has 3 aromatic carbocycles. The number of nitriles is 4. The van der Waals surface area contributed by atoms with Gasteiger partial charge in [0, 0.05) is 56.7 Å². The minimum absolute atomic E-state index is 0.421. The molecule has 0 fully saturated rings. The van der Waals surface area contributed by atoms with E-state index in [1.54, 1.807) is 48.5 Å². The Morgan fingerprint density at radius 3 is 1.18 bits per heavy atom. The number of benzene rings is 3. The molecule has 0 unspecified atom stereocenters. The number of nitrogens with zero attached hydrogens (tertiary/aromatic N) is 5. The molecule has 7 aromatic rings. The second kappa shape index (κ2) is 23.2. The van der Waals surface area contributed by atoms with Crippen LogP contribution in [0.1, 0.15) is 67.5 Å². The molecule has 0 saturated heterocycles. The number of carboxylic acids is 4. The minimum Gasteiger partial charge on any atom is -0.477 e. The number of hydrogen-bond donors (Lipinski definition) is 4. The lowest BCUT2D eigenvalue weighted by atomic mass is 10.0. The Morgan fingerprint density at radius 1 is 0.459 bits per heavy atom. The highest BCUT2D eigenvalue weighted by Gasteiger charge is 2.20. The van der Waals surface area contributed by atoms with Crippen LogP contribution < -0.4 is 4.90 Å². The van der Waals surface area contributed by atoms with Crippen molar-refractivity contribution in [3.05, 3.63) is 198 Å². The van der Waals surface area contributed by atoms with Gasteiger partial charge in [0.2, 0.25) is 0 Å². The first-order valence-corrected chi connectivity index (χ1v) is 25.1. The summed E-state index contributed by atoms with van der Waals surface area (Å²) < 4.78 is 0. The first-order valence-electron chi connectivity index (χ1n) is 21.8. The van der Waals surface area contributed by atoms with Gasteiger partial charge < -0.3 is 25.3 Å². The minimum atomic E-state index is -1.35. The smallest absolute Gasteiger partial charge is 0.346 e. The molecule has 0 aliphatic carbocycles. The van der Waals surface area contributed by atoms with Gasteiger partial charge in [-0.15, -0.1) is 45.3 Å². The zero-order chi connectivity index (χ0) is 53.2. The van der Waals surface area contributed by atoms with Crippen molar-refractivity contribution >= 4 is 134 Å². The summed E-state index contributed by atoms with van der Waals surface area (Å²) in [6.45, 7) is 6.14. The Bertz CT molecular complexity index is 3370. The van der Waals surface area contributed by atoms with Crippen LogP contribution in [0.3, 0.4) is 0 Å². The lowest BCUT2D eigenvalue weighted by Gasteiger charge is -2.29. The summed E-state index contributed by atoms with van der Waals surface area (Å²) in [6, 6.07) is 39.3. The van der Waals surface area contributed by atoms with Crippen LogP contribution >= 0.6 is 45.3 Å². The van der Waals surface area contributed by atoms with Crippen molar-refractivity contribution in [1.82, 2.24) is 0 Å². The number of aryl methyl sites for hydroxylation is 3. The Kier molecular flexibility index (Phi) is 16.4. The summed E-state index contributed by atoms with van der Waals surface area (Å²) in [5, 5.41) is 77.4. The van der Waals surface area contributed by atoms with Crippen LogP contribution in [0.4, 0.5) is 17.1 Å². The van der Waals surface area contributed by atoms with Crippen LogP contribution in [-0.2, 0) is 19.2 Å². The molecule has 0 atom stereocenters. The lowest BCUT2D eigenvalue weighted by Crippen LogP contribution is -2.13. The molecule has 0 aliphatic rings. The fourth-order valence-electron chi connectivity index (χ4n) is 7.70. The van der Waals surface area contributed by atoms with E-state index < -0.39 is 46.2 Å². The number of anilines is 3. The molecule has 0 spiro atoms. The standard InChI is InChI=1S/C57H37N5O8S4/c1-32-18-33(2)53(34(3)19-32)62(42-8-4-35(5-9-42)20-48(41-26-47(71-31-41)25-40(30-61)57(69)70)50-15-12-44(72-50)22-37(27-58)54(63)64)43-10-6-36(7-11-43)21-49(51-16-13-45(73-51)23-38(28-59)55(65)66)52-17-14-46(74-52)24-39(29-60)56(67)68/h4-26,31H,1-3H3,(H,63,64)(H,65,66)(H,67,68)(H,69,70)/b37-22+,38-23+,39-24+,40-25+,48-20+. The van der Waals surface area contributed by atoms with E-state index in [9.17, 15) is 60.7 Å². The summed E-state index contributed by atoms with van der Waals surface area (Å²) in [5.41, 5.74) is 7.90. The molecule has 4 aromatic heterocycles. The highest BCUT2D eigenvalue weighted by atomic mass is 32.1. The van der Waals surface area contributed by atoms with E-state index in [1.165, 1.54) is 69.7 Å². The SMILES string of the molecule is Cc1cc(C)c(N(c2ccc(C=C(c3ccc(/C=C(\C#N)C(=O)O)s3)c3ccc(/C=C(\C#N)C(=O)O)s3)cc2)c2ccc(/C=C(\c3csc(/C=C(\C#N)C(=O)O)c3)c3ccc(/C=C(\C#N)C(=O)O)s3)cc2)c(C)c1. The van der Waals surface area contributed by atoms with Gasteiger partial charge >= 0.3 is 23.9 Å². The third-order valence-corrected chi connectivity index (χ3v) is 15.0. The van der Waals surface area contributed by atoms with Gasteiger partial charge in [-0.3, -0.25) is 0 Å². The van der Waals surface area contributed by atoms with E-state index in [4.69, 9.17) is 0 Å². The molecule has 0 saturated carbocycles. The maximum Gasteiger partial charge on any atom is 0.346 e. The van der Waals surface area contributed by atoms with E-state index in [0.29, 0.717) is 19.5 Å². The monoisotopic (exact) mass is 1050 g/mol. The van der Waals surface area contributed by atoms with Crippen molar-refractivity contribution < 1.29 is 39.6 Å². The van der Waals surface area contributed by atoms with Crippen LogP contribution in [0.5, 0.6) is 0 Å². The number of aliphatic carboxylic acids is 4. The van der Waals surface area contributed by atoms with E-state index in [2.05, 4.69) is 30.9 Å². The van der Waals surface area contributed by atoms with Crippen LogP contribution in [0.25, 0.3) is 47.6 Å². The molecule has 7 rings (SSSR count). The van der Waals surface area contributed by atoms with Crippen molar-refractivity contribution in [1.29, 1.82) is 21.0 Å². The topological polar surface area (TPSA) is 248 Å². The predicted molar refractivity (Wildman–Crippen MR) is 291 cm³/mol. The molecular weight excluding hydrogens is 1010 g/mol. The fourth-order valence-corrected chi connectivity index (χ4v) is 11.6. The van der Waals surface area contributed by atoms with Gasteiger partial charge in [-0.25, -0.2) is 19.2 Å². The van der Waals surface area contributed by atoms with E-state index >= 15 is 0 Å². The maximum atomic E-state index is 11.6. The number of hydrogen-bond acceptors (Lipinski definition) is 13. The molecule has 17 heteroatoms. The molecule has 4 N–H and O–H groups in total.